The van der Waals surface area contributed by atoms with Crippen molar-refractivity contribution in [2.24, 2.45) is 0 Å². The number of nitrogen functional groups attached to an aromatic ring is 1. The molecule has 0 bridgehead atoms. The van der Waals surface area contributed by atoms with Crippen LogP contribution in [0.25, 0.3) is 0 Å². The molecule has 0 unspecified atom stereocenters. The first-order valence-corrected chi connectivity index (χ1v) is 8.47. The molecule has 0 saturated heterocycles. The van der Waals surface area contributed by atoms with Crippen molar-refractivity contribution in [3.05, 3.63) is 24.0 Å². The van der Waals surface area contributed by atoms with E-state index in [-0.39, 0.29) is 16.6 Å². The fourth-order valence-electron chi connectivity index (χ4n) is 2.85. The Morgan fingerprint density at radius 3 is 2.55 bits per heavy atom. The third kappa shape index (κ3) is 2.96. The lowest BCUT2D eigenvalue weighted by Crippen LogP contribution is -2.41. The van der Waals surface area contributed by atoms with Gasteiger partial charge in [0.05, 0.1) is 5.69 Å². The van der Waals surface area contributed by atoms with Crippen molar-refractivity contribution in [3.63, 3.8) is 0 Å². The molecule has 1 saturated carbocycles. The van der Waals surface area contributed by atoms with Crippen LogP contribution in [-0.4, -0.2) is 25.3 Å². The molecule has 1 aliphatic carbocycles. The highest BCUT2D eigenvalue weighted by Crippen LogP contribution is 2.30. The zero-order chi connectivity index (χ0) is 14.8. The largest absolute Gasteiger partial charge is 0.398 e. The van der Waals surface area contributed by atoms with Gasteiger partial charge in [0, 0.05) is 12.6 Å². The summed E-state index contributed by atoms with van der Waals surface area (Å²) >= 11 is 0. The number of hydrogen-bond acceptors (Lipinski definition) is 3. The molecule has 1 aromatic carbocycles. The molecule has 20 heavy (non-hydrogen) atoms. The summed E-state index contributed by atoms with van der Waals surface area (Å²) < 4.78 is 40.2. The molecule has 2 rings (SSSR count). The van der Waals surface area contributed by atoms with E-state index in [1.165, 1.54) is 16.4 Å². The Morgan fingerprint density at radius 1 is 1.30 bits per heavy atom. The van der Waals surface area contributed by atoms with Gasteiger partial charge in [-0.25, -0.2) is 12.8 Å². The molecule has 0 aromatic heterocycles. The third-order valence-electron chi connectivity index (χ3n) is 3.86. The van der Waals surface area contributed by atoms with E-state index in [1.54, 1.807) is 0 Å². The molecule has 1 aromatic rings. The number of hydrogen-bond donors (Lipinski definition) is 1. The summed E-state index contributed by atoms with van der Waals surface area (Å²) in [5.41, 5.74) is 5.82. The Morgan fingerprint density at radius 2 is 1.95 bits per heavy atom. The smallest absolute Gasteiger partial charge is 0.245 e. The van der Waals surface area contributed by atoms with Gasteiger partial charge in [-0.2, -0.15) is 4.31 Å². The van der Waals surface area contributed by atoms with Crippen LogP contribution < -0.4 is 5.73 Å². The third-order valence-corrected chi connectivity index (χ3v) is 5.94. The number of benzene rings is 1. The first kappa shape index (κ1) is 15.3. The van der Waals surface area contributed by atoms with Gasteiger partial charge >= 0.3 is 0 Å². The molecule has 4 nitrogen and oxygen atoms in total. The number of nitrogens with zero attached hydrogens (tertiary/aromatic N) is 1. The Hall–Kier alpha value is -1.14. The van der Waals surface area contributed by atoms with E-state index in [0.717, 1.165) is 38.2 Å². The highest BCUT2D eigenvalue weighted by molar-refractivity contribution is 7.89. The first-order chi connectivity index (χ1) is 9.46. The van der Waals surface area contributed by atoms with Crippen molar-refractivity contribution in [1.82, 2.24) is 4.31 Å². The Balaban J connectivity index is 2.38. The minimum atomic E-state index is -3.74. The quantitative estimate of drug-likeness (QED) is 0.870. The highest BCUT2D eigenvalue weighted by Gasteiger charge is 2.32. The zero-order valence-corrected chi connectivity index (χ0v) is 12.5. The molecule has 2 N–H and O–H groups in total. The Bertz CT molecular complexity index is 569. The summed E-state index contributed by atoms with van der Waals surface area (Å²) in [6, 6.07) is 3.49. The fraction of sp³-hybridized carbons (Fsp3) is 0.571. The van der Waals surface area contributed by atoms with Crippen molar-refractivity contribution < 1.29 is 12.8 Å². The van der Waals surface area contributed by atoms with Gasteiger partial charge in [-0.05, 0) is 31.0 Å². The number of nitrogens with two attached hydrogens (primary N) is 1. The van der Waals surface area contributed by atoms with E-state index >= 15 is 0 Å². The van der Waals surface area contributed by atoms with Crippen molar-refractivity contribution in [1.29, 1.82) is 0 Å². The second kappa shape index (κ2) is 6.10. The summed E-state index contributed by atoms with van der Waals surface area (Å²) in [5, 5.41) is 0. The van der Waals surface area contributed by atoms with Crippen LogP contribution in [0.4, 0.5) is 10.1 Å². The van der Waals surface area contributed by atoms with E-state index in [9.17, 15) is 12.8 Å². The van der Waals surface area contributed by atoms with Crippen molar-refractivity contribution in [2.75, 3.05) is 12.3 Å². The molecule has 0 radical (unpaired) electrons. The molecule has 0 heterocycles. The molecule has 1 fully saturated rings. The molecule has 1 aliphatic rings. The van der Waals surface area contributed by atoms with Crippen LogP contribution in [0.3, 0.4) is 0 Å². The van der Waals surface area contributed by atoms with Gasteiger partial charge in [0.25, 0.3) is 0 Å². The van der Waals surface area contributed by atoms with Gasteiger partial charge in [-0.1, -0.05) is 26.2 Å². The summed E-state index contributed by atoms with van der Waals surface area (Å²) in [7, 11) is -3.74. The Labute approximate surface area is 119 Å². The fourth-order valence-corrected chi connectivity index (χ4v) is 4.67. The van der Waals surface area contributed by atoms with E-state index in [4.69, 9.17) is 5.73 Å². The summed E-state index contributed by atoms with van der Waals surface area (Å²) in [6.45, 7) is 2.19. The van der Waals surface area contributed by atoms with Crippen LogP contribution in [-0.2, 0) is 10.0 Å². The van der Waals surface area contributed by atoms with E-state index in [2.05, 4.69) is 0 Å². The summed E-state index contributed by atoms with van der Waals surface area (Å²) in [4.78, 5) is -0.120. The molecule has 0 atom stereocenters. The van der Waals surface area contributed by atoms with Crippen LogP contribution in [0.5, 0.6) is 0 Å². The highest BCUT2D eigenvalue weighted by atomic mass is 32.2. The zero-order valence-electron chi connectivity index (χ0n) is 11.7. The maximum Gasteiger partial charge on any atom is 0.245 e. The molecule has 0 amide bonds. The Kier molecular flexibility index (Phi) is 4.65. The van der Waals surface area contributed by atoms with Crippen molar-refractivity contribution in [3.8, 4) is 0 Å². The van der Waals surface area contributed by atoms with E-state index in [1.807, 2.05) is 6.92 Å². The molecular formula is C14H21FN2O2S. The lowest BCUT2D eigenvalue weighted by molar-refractivity contribution is 0.261. The number of rotatable bonds is 4. The maximum atomic E-state index is 13.3. The van der Waals surface area contributed by atoms with Crippen LogP contribution in [0.1, 0.15) is 39.0 Å². The molecular weight excluding hydrogens is 279 g/mol. The average molecular weight is 300 g/mol. The van der Waals surface area contributed by atoms with Gasteiger partial charge in [0.1, 0.15) is 10.7 Å². The minimum Gasteiger partial charge on any atom is -0.398 e. The predicted molar refractivity (Wildman–Crippen MR) is 77.3 cm³/mol. The molecule has 6 heteroatoms. The molecule has 0 spiro atoms. The minimum absolute atomic E-state index is 0.00131. The van der Waals surface area contributed by atoms with E-state index < -0.39 is 15.8 Å². The summed E-state index contributed by atoms with van der Waals surface area (Å²) in [5.74, 6) is -0.586. The summed E-state index contributed by atoms with van der Waals surface area (Å²) in [6.07, 6.45) is 4.95. The number of anilines is 1. The van der Waals surface area contributed by atoms with Crippen LogP contribution in [0, 0.1) is 5.82 Å². The molecule has 112 valence electrons. The number of halogens is 1. The number of sulfonamides is 1. The van der Waals surface area contributed by atoms with Crippen molar-refractivity contribution >= 4 is 15.7 Å². The second-order valence-electron chi connectivity index (χ2n) is 5.18. The predicted octanol–water partition coefficient (Wildman–Crippen LogP) is 2.75. The van der Waals surface area contributed by atoms with Crippen LogP contribution in [0.2, 0.25) is 0 Å². The first-order valence-electron chi connectivity index (χ1n) is 7.03. The lowest BCUT2D eigenvalue weighted by Gasteiger charge is -2.32. The van der Waals surface area contributed by atoms with Crippen LogP contribution in [0.15, 0.2) is 23.1 Å². The van der Waals surface area contributed by atoms with Gasteiger partial charge in [-0.15, -0.1) is 0 Å². The monoisotopic (exact) mass is 300 g/mol. The van der Waals surface area contributed by atoms with Gasteiger partial charge in [0.2, 0.25) is 10.0 Å². The molecule has 0 aliphatic heterocycles. The van der Waals surface area contributed by atoms with Gasteiger partial charge in [-0.3, -0.25) is 0 Å². The van der Waals surface area contributed by atoms with Crippen LogP contribution >= 0.6 is 0 Å². The van der Waals surface area contributed by atoms with Gasteiger partial charge in [0.15, 0.2) is 0 Å². The van der Waals surface area contributed by atoms with E-state index in [0.29, 0.717) is 6.54 Å². The normalized spacial score (nSPS) is 17.6. The second-order valence-corrected chi connectivity index (χ2v) is 7.04. The maximum absolute atomic E-state index is 13.3. The SMILES string of the molecule is CCN(C1CCCCC1)S(=O)(=O)c1cc(F)ccc1N. The average Bonchev–Trinajstić information content (AvgIpc) is 2.43. The lowest BCUT2D eigenvalue weighted by atomic mass is 9.95. The standard InChI is InChI=1S/C14H21FN2O2S/c1-2-17(12-6-4-3-5-7-12)20(18,19)14-10-11(15)8-9-13(14)16/h8-10,12H,2-7,16H2,1H3. The van der Waals surface area contributed by atoms with Gasteiger partial charge < -0.3 is 5.73 Å². The topological polar surface area (TPSA) is 63.4 Å². The van der Waals surface area contributed by atoms with Crippen molar-refractivity contribution in [2.45, 2.75) is 50.0 Å².